The van der Waals surface area contributed by atoms with Gasteiger partial charge in [0.1, 0.15) is 5.75 Å². The number of methoxy groups -OCH3 is 1. The molecule has 1 aliphatic heterocycles. The van der Waals surface area contributed by atoms with E-state index in [1.54, 1.807) is 31.4 Å². The van der Waals surface area contributed by atoms with Crippen LogP contribution in [0.5, 0.6) is 5.75 Å². The second kappa shape index (κ2) is 9.06. The molecule has 0 spiro atoms. The molecule has 1 amide bonds. The molecule has 2 aromatic rings. The van der Waals surface area contributed by atoms with Crippen molar-refractivity contribution in [3.8, 4) is 5.75 Å². The van der Waals surface area contributed by atoms with E-state index in [2.05, 4.69) is 15.5 Å². The number of amides is 1. The lowest BCUT2D eigenvalue weighted by molar-refractivity contribution is 0.0977. The minimum absolute atomic E-state index is 0.233. The number of anilines is 2. The number of nitrogens with zero attached hydrogens (tertiary/aromatic N) is 1. The fraction of sp³-hybridized carbons (Fsp3) is 0.300. The highest BCUT2D eigenvalue weighted by molar-refractivity contribution is 7.80. The summed E-state index contributed by atoms with van der Waals surface area (Å²) in [7, 11) is 1.58. The molecule has 2 aromatic carbocycles. The Morgan fingerprint density at radius 3 is 2.48 bits per heavy atom. The van der Waals surface area contributed by atoms with Crippen molar-refractivity contribution in [1.82, 2.24) is 5.32 Å². The number of nitrogens with one attached hydrogen (secondary N) is 2. The van der Waals surface area contributed by atoms with Crippen LogP contribution >= 0.6 is 23.8 Å². The molecule has 0 unspecified atom stereocenters. The van der Waals surface area contributed by atoms with E-state index in [4.69, 9.17) is 28.6 Å². The summed E-state index contributed by atoms with van der Waals surface area (Å²) in [6, 6.07) is 12.5. The highest BCUT2D eigenvalue weighted by Gasteiger charge is 2.18. The van der Waals surface area contributed by atoms with Crippen LogP contribution in [0.15, 0.2) is 42.5 Å². The monoisotopic (exact) mass is 403 g/mol. The first kappa shape index (κ1) is 19.5. The van der Waals surface area contributed by atoms with Crippen molar-refractivity contribution in [2.45, 2.75) is 19.3 Å². The quantitative estimate of drug-likeness (QED) is 0.738. The number of carbonyl (C=O) groups excluding carboxylic acids is 1. The van der Waals surface area contributed by atoms with Gasteiger partial charge >= 0.3 is 0 Å². The van der Waals surface area contributed by atoms with Gasteiger partial charge in [-0.1, -0.05) is 17.7 Å². The molecule has 1 aliphatic rings. The van der Waals surface area contributed by atoms with E-state index in [1.165, 1.54) is 6.42 Å². The molecular formula is C20H22ClN3O2S. The maximum Gasteiger partial charge on any atom is 0.257 e. The Morgan fingerprint density at radius 2 is 1.81 bits per heavy atom. The van der Waals surface area contributed by atoms with Crippen LogP contribution in [0.2, 0.25) is 5.02 Å². The fourth-order valence-corrected chi connectivity index (χ4v) is 3.62. The molecule has 0 radical (unpaired) electrons. The molecule has 7 heteroatoms. The fourth-order valence-electron chi connectivity index (χ4n) is 3.13. The average Bonchev–Trinajstić information content (AvgIpc) is 2.68. The minimum Gasteiger partial charge on any atom is -0.497 e. The van der Waals surface area contributed by atoms with Crippen LogP contribution in [0.1, 0.15) is 29.6 Å². The zero-order valence-corrected chi connectivity index (χ0v) is 16.7. The van der Waals surface area contributed by atoms with E-state index in [0.717, 1.165) is 37.3 Å². The van der Waals surface area contributed by atoms with Crippen molar-refractivity contribution in [1.29, 1.82) is 0 Å². The zero-order valence-electron chi connectivity index (χ0n) is 15.1. The largest absolute Gasteiger partial charge is 0.497 e. The first-order valence-electron chi connectivity index (χ1n) is 8.88. The molecule has 1 saturated heterocycles. The predicted octanol–water partition coefficient (Wildman–Crippen LogP) is 4.47. The molecule has 0 saturated carbocycles. The average molecular weight is 404 g/mol. The number of halogens is 1. The van der Waals surface area contributed by atoms with Gasteiger partial charge in [-0.05, 0) is 67.9 Å². The topological polar surface area (TPSA) is 53.6 Å². The molecule has 0 atom stereocenters. The van der Waals surface area contributed by atoms with Crippen LogP contribution < -0.4 is 20.3 Å². The standard InChI is InChI=1S/C20H22ClN3O2S/c1-26-15-10-8-14(9-11-15)19(25)23-20(27)22-17-7-5-6-16(21)18(17)24-12-3-2-4-13-24/h5-11H,2-4,12-13H2,1H3,(H2,22,23,25,27). The smallest absolute Gasteiger partial charge is 0.257 e. The summed E-state index contributed by atoms with van der Waals surface area (Å²) in [5.41, 5.74) is 2.23. The van der Waals surface area contributed by atoms with Gasteiger partial charge in [-0.3, -0.25) is 10.1 Å². The summed E-state index contributed by atoms with van der Waals surface area (Å²) in [4.78, 5) is 14.6. The van der Waals surface area contributed by atoms with E-state index in [0.29, 0.717) is 16.3 Å². The van der Waals surface area contributed by atoms with Gasteiger partial charge in [0.15, 0.2) is 5.11 Å². The summed E-state index contributed by atoms with van der Waals surface area (Å²) < 4.78 is 5.10. The van der Waals surface area contributed by atoms with Crippen molar-refractivity contribution >= 4 is 46.2 Å². The number of hydrogen-bond acceptors (Lipinski definition) is 4. The second-order valence-corrected chi connectivity index (χ2v) is 7.14. The third-order valence-electron chi connectivity index (χ3n) is 4.49. The second-order valence-electron chi connectivity index (χ2n) is 6.32. The van der Waals surface area contributed by atoms with E-state index in [-0.39, 0.29) is 11.0 Å². The summed E-state index contributed by atoms with van der Waals surface area (Å²) >= 11 is 11.8. The maximum atomic E-state index is 12.4. The summed E-state index contributed by atoms with van der Waals surface area (Å²) in [6.07, 6.45) is 3.52. The molecule has 1 fully saturated rings. The first-order valence-corrected chi connectivity index (χ1v) is 9.67. The lowest BCUT2D eigenvalue weighted by Crippen LogP contribution is -2.35. The third kappa shape index (κ3) is 4.90. The molecule has 142 valence electrons. The molecular weight excluding hydrogens is 382 g/mol. The first-order chi connectivity index (χ1) is 13.1. The summed E-state index contributed by atoms with van der Waals surface area (Å²) in [6.45, 7) is 1.92. The number of rotatable bonds is 4. The number of thiocarbonyl (C=S) groups is 1. The van der Waals surface area contributed by atoms with Gasteiger partial charge < -0.3 is 15.0 Å². The molecule has 1 heterocycles. The van der Waals surface area contributed by atoms with Crippen molar-refractivity contribution in [2.24, 2.45) is 0 Å². The number of benzene rings is 2. The van der Waals surface area contributed by atoms with Gasteiger partial charge in [-0.2, -0.15) is 0 Å². The lowest BCUT2D eigenvalue weighted by atomic mass is 10.1. The van der Waals surface area contributed by atoms with Gasteiger partial charge in [0, 0.05) is 18.7 Å². The third-order valence-corrected chi connectivity index (χ3v) is 5.00. The van der Waals surface area contributed by atoms with Crippen LogP contribution in [0.4, 0.5) is 11.4 Å². The number of hydrogen-bond donors (Lipinski definition) is 2. The van der Waals surface area contributed by atoms with E-state index < -0.39 is 0 Å². The molecule has 0 aliphatic carbocycles. The number of ether oxygens (including phenoxy) is 1. The van der Waals surface area contributed by atoms with Crippen LogP contribution in [-0.2, 0) is 0 Å². The van der Waals surface area contributed by atoms with Gasteiger partial charge in [0.2, 0.25) is 0 Å². The van der Waals surface area contributed by atoms with E-state index in [1.807, 2.05) is 18.2 Å². The number of carbonyl (C=O) groups is 1. The molecule has 5 nitrogen and oxygen atoms in total. The predicted molar refractivity (Wildman–Crippen MR) is 114 cm³/mol. The lowest BCUT2D eigenvalue weighted by Gasteiger charge is -2.31. The van der Waals surface area contributed by atoms with Gasteiger partial charge in [-0.15, -0.1) is 0 Å². The van der Waals surface area contributed by atoms with Gasteiger partial charge in [0.05, 0.1) is 23.5 Å². The molecule has 3 rings (SSSR count). The Labute approximate surface area is 169 Å². The molecule has 2 N–H and O–H groups in total. The highest BCUT2D eigenvalue weighted by atomic mass is 35.5. The maximum absolute atomic E-state index is 12.4. The SMILES string of the molecule is COc1ccc(C(=O)NC(=S)Nc2cccc(Cl)c2N2CCCCC2)cc1. The Hall–Kier alpha value is -2.31. The van der Waals surface area contributed by atoms with Crippen molar-refractivity contribution in [2.75, 3.05) is 30.4 Å². The van der Waals surface area contributed by atoms with Gasteiger partial charge in [0.25, 0.3) is 5.91 Å². The van der Waals surface area contributed by atoms with E-state index in [9.17, 15) is 4.79 Å². The van der Waals surface area contributed by atoms with Crippen molar-refractivity contribution in [3.05, 3.63) is 53.1 Å². The Kier molecular flexibility index (Phi) is 6.53. The van der Waals surface area contributed by atoms with Crippen LogP contribution in [0.3, 0.4) is 0 Å². The van der Waals surface area contributed by atoms with E-state index >= 15 is 0 Å². The summed E-state index contributed by atoms with van der Waals surface area (Å²) in [5.74, 6) is 0.411. The van der Waals surface area contributed by atoms with Crippen molar-refractivity contribution < 1.29 is 9.53 Å². The van der Waals surface area contributed by atoms with Crippen LogP contribution in [-0.4, -0.2) is 31.2 Å². The number of para-hydroxylation sites is 1. The Balaban J connectivity index is 1.70. The van der Waals surface area contributed by atoms with Crippen molar-refractivity contribution in [3.63, 3.8) is 0 Å². The molecule has 0 aromatic heterocycles. The minimum atomic E-state index is -0.281. The Morgan fingerprint density at radius 1 is 1.11 bits per heavy atom. The summed E-state index contributed by atoms with van der Waals surface area (Å²) in [5, 5.41) is 6.74. The van der Waals surface area contributed by atoms with Crippen LogP contribution in [0.25, 0.3) is 0 Å². The number of piperidine rings is 1. The molecule has 0 bridgehead atoms. The highest BCUT2D eigenvalue weighted by Crippen LogP contribution is 2.35. The van der Waals surface area contributed by atoms with Gasteiger partial charge in [-0.25, -0.2) is 0 Å². The van der Waals surface area contributed by atoms with Crippen LogP contribution in [0, 0.1) is 0 Å². The zero-order chi connectivity index (χ0) is 19.2. The molecule has 27 heavy (non-hydrogen) atoms. The Bertz CT molecular complexity index is 820. The normalized spacial score (nSPS) is 13.8.